The van der Waals surface area contributed by atoms with Gasteiger partial charge in [-0.3, -0.25) is 0 Å². The van der Waals surface area contributed by atoms with Gasteiger partial charge in [-0.25, -0.2) is 0 Å². The molecule has 0 spiro atoms. The molecule has 1 saturated heterocycles. The number of quaternary nitrogens is 1. The second-order valence-electron chi connectivity index (χ2n) is 5.25. The summed E-state index contributed by atoms with van der Waals surface area (Å²) in [6, 6.07) is 0. The maximum atomic E-state index is 5.40. The van der Waals surface area contributed by atoms with Crippen LogP contribution in [0, 0.1) is 0 Å². The number of nitrogens with zero attached hydrogens (tertiary/aromatic N) is 1. The molecule has 0 N–H and O–H groups in total. The lowest BCUT2D eigenvalue weighted by Gasteiger charge is -2.36. The lowest BCUT2D eigenvalue weighted by atomic mass is 10.1. The van der Waals surface area contributed by atoms with Gasteiger partial charge < -0.3 is 21.6 Å². The summed E-state index contributed by atoms with van der Waals surface area (Å²) in [6.07, 6.45) is 7.56. The van der Waals surface area contributed by atoms with Crippen molar-refractivity contribution in [1.29, 1.82) is 0 Å². The van der Waals surface area contributed by atoms with Gasteiger partial charge in [-0.2, -0.15) is 0 Å². The number of likely N-dealkylation sites (N-methyl/N-ethyl adjacent to an activating group) is 1. The Morgan fingerprint density at radius 2 is 1.59 bits per heavy atom. The van der Waals surface area contributed by atoms with Crippen molar-refractivity contribution in [2.24, 2.45) is 0 Å². The zero-order valence-electron chi connectivity index (χ0n) is 11.9. The maximum Gasteiger partial charge on any atom is 0.130 e. The van der Waals surface area contributed by atoms with Gasteiger partial charge in [0.15, 0.2) is 0 Å². The molecule has 0 amide bonds. The van der Waals surface area contributed by atoms with Crippen LogP contribution in [-0.2, 0) is 4.74 Å². The third-order valence-electron chi connectivity index (χ3n) is 4.07. The monoisotopic (exact) mass is 263 g/mol. The fourth-order valence-corrected chi connectivity index (χ4v) is 2.55. The molecule has 0 radical (unpaired) electrons. The average molecular weight is 264 g/mol. The van der Waals surface area contributed by atoms with Crippen LogP contribution >= 0.6 is 0 Å². The van der Waals surface area contributed by atoms with Crippen molar-refractivity contribution < 1.29 is 21.6 Å². The van der Waals surface area contributed by atoms with Gasteiger partial charge in [0.1, 0.15) is 12.6 Å². The highest BCUT2D eigenvalue weighted by Gasteiger charge is 2.34. The third-order valence-corrected chi connectivity index (χ3v) is 4.07. The van der Waals surface area contributed by atoms with Crippen molar-refractivity contribution in [3.05, 3.63) is 0 Å². The number of unbranched alkanes of at least 4 members (excludes halogenated alkanes) is 4. The Bertz CT molecular complexity index is 179. The largest absolute Gasteiger partial charge is 1.00 e. The van der Waals surface area contributed by atoms with Gasteiger partial charge in [0.25, 0.3) is 0 Å². The number of ether oxygens (including phenoxy) is 1. The van der Waals surface area contributed by atoms with E-state index in [2.05, 4.69) is 20.8 Å². The van der Waals surface area contributed by atoms with E-state index in [1.54, 1.807) is 0 Å². The Labute approximate surface area is 114 Å². The Morgan fingerprint density at radius 3 is 2.06 bits per heavy atom. The first-order valence-corrected chi connectivity index (χ1v) is 7.23. The van der Waals surface area contributed by atoms with Crippen molar-refractivity contribution >= 4 is 0 Å². The first-order valence-electron chi connectivity index (χ1n) is 7.23. The minimum atomic E-state index is 0. The molecule has 1 unspecified atom stereocenters. The Hall–Kier alpha value is 0.210. The lowest BCUT2D eigenvalue weighted by molar-refractivity contribution is -0.925. The van der Waals surface area contributed by atoms with E-state index < -0.39 is 0 Å². The molecule has 2 nitrogen and oxygen atoms in total. The Morgan fingerprint density at radius 1 is 1.00 bits per heavy atom. The van der Waals surface area contributed by atoms with Crippen LogP contribution in [0.4, 0.5) is 0 Å². The normalized spacial score (nSPS) is 18.9. The van der Waals surface area contributed by atoms with E-state index in [0.29, 0.717) is 6.10 Å². The predicted octanol–water partition coefficient (Wildman–Crippen LogP) is 0.216. The fraction of sp³-hybridized carbons (Fsp3) is 1.00. The molecule has 0 aliphatic carbocycles. The topological polar surface area (TPSA) is 12.5 Å². The highest BCUT2D eigenvalue weighted by Crippen LogP contribution is 2.19. The van der Waals surface area contributed by atoms with Gasteiger partial charge in [-0.15, -0.1) is 0 Å². The van der Waals surface area contributed by atoms with Crippen molar-refractivity contribution in [2.45, 2.75) is 59.0 Å². The average Bonchev–Trinajstić information content (AvgIpc) is 3.11. The molecule has 1 aliphatic heterocycles. The SMILES string of the molecule is CCCCCCC[N+](CC)(CC)CC1CO1.[Cl-]. The second kappa shape index (κ2) is 9.18. The number of rotatable bonds is 10. The molecule has 0 aromatic carbocycles. The van der Waals surface area contributed by atoms with E-state index in [1.807, 2.05) is 0 Å². The minimum absolute atomic E-state index is 0. The van der Waals surface area contributed by atoms with Crippen molar-refractivity contribution in [3.8, 4) is 0 Å². The highest BCUT2D eigenvalue weighted by molar-refractivity contribution is 4.68. The first kappa shape index (κ1) is 17.2. The van der Waals surface area contributed by atoms with Gasteiger partial charge in [0.2, 0.25) is 0 Å². The summed E-state index contributed by atoms with van der Waals surface area (Å²) in [5, 5.41) is 0. The molecule has 1 aliphatic rings. The molecule has 1 rings (SSSR count). The lowest BCUT2D eigenvalue weighted by Crippen LogP contribution is -3.00. The number of hydrogen-bond donors (Lipinski definition) is 0. The molecule has 0 saturated carbocycles. The zero-order chi connectivity index (χ0) is 11.9. The van der Waals surface area contributed by atoms with Crippen LogP contribution in [0.1, 0.15) is 52.9 Å². The Balaban J connectivity index is 0.00000256. The second-order valence-corrected chi connectivity index (χ2v) is 5.25. The summed E-state index contributed by atoms with van der Waals surface area (Å²) in [5.41, 5.74) is 0. The summed E-state index contributed by atoms with van der Waals surface area (Å²) in [4.78, 5) is 0. The highest BCUT2D eigenvalue weighted by atomic mass is 35.5. The quantitative estimate of drug-likeness (QED) is 0.312. The summed E-state index contributed by atoms with van der Waals surface area (Å²) in [5.74, 6) is 0. The first-order chi connectivity index (χ1) is 7.76. The van der Waals surface area contributed by atoms with E-state index in [9.17, 15) is 0 Å². The van der Waals surface area contributed by atoms with Gasteiger partial charge in [-0.1, -0.05) is 26.2 Å². The van der Waals surface area contributed by atoms with Crippen LogP contribution in [0.25, 0.3) is 0 Å². The molecule has 1 fully saturated rings. The van der Waals surface area contributed by atoms with E-state index in [1.165, 1.54) is 62.8 Å². The molecule has 3 heteroatoms. The van der Waals surface area contributed by atoms with Crippen LogP contribution in [0.15, 0.2) is 0 Å². The van der Waals surface area contributed by atoms with Crippen LogP contribution in [0.2, 0.25) is 0 Å². The summed E-state index contributed by atoms with van der Waals surface area (Å²) in [6.45, 7) is 13.1. The molecule has 17 heavy (non-hydrogen) atoms. The molecule has 104 valence electrons. The summed E-state index contributed by atoms with van der Waals surface area (Å²) in [7, 11) is 0. The van der Waals surface area contributed by atoms with E-state index >= 15 is 0 Å². The van der Waals surface area contributed by atoms with Crippen LogP contribution in [0.3, 0.4) is 0 Å². The zero-order valence-corrected chi connectivity index (χ0v) is 12.6. The third kappa shape index (κ3) is 6.64. The Kier molecular flexibility index (Phi) is 9.29. The standard InChI is InChI=1S/C14H30NO.ClH/c1-4-7-8-9-10-11-15(5-2,6-3)12-14-13-16-14;/h14H,4-13H2,1-3H3;1H/q+1;/p-1. The number of halogens is 1. The van der Waals surface area contributed by atoms with Gasteiger partial charge in [-0.05, 0) is 26.7 Å². The van der Waals surface area contributed by atoms with Gasteiger partial charge in [0.05, 0.1) is 26.2 Å². The molecule has 0 bridgehead atoms. The molecular weight excluding hydrogens is 234 g/mol. The van der Waals surface area contributed by atoms with Crippen LogP contribution in [0.5, 0.6) is 0 Å². The van der Waals surface area contributed by atoms with Crippen LogP contribution in [-0.4, -0.2) is 43.4 Å². The fourth-order valence-electron chi connectivity index (χ4n) is 2.55. The van der Waals surface area contributed by atoms with Crippen molar-refractivity contribution in [3.63, 3.8) is 0 Å². The van der Waals surface area contributed by atoms with E-state index in [-0.39, 0.29) is 12.4 Å². The molecular formula is C14H30ClNO. The van der Waals surface area contributed by atoms with Crippen molar-refractivity contribution in [2.75, 3.05) is 32.8 Å². The number of hydrogen-bond acceptors (Lipinski definition) is 1. The van der Waals surface area contributed by atoms with Gasteiger partial charge in [0, 0.05) is 0 Å². The molecule has 0 aromatic heterocycles. The van der Waals surface area contributed by atoms with E-state index in [4.69, 9.17) is 4.74 Å². The molecule has 0 aromatic rings. The predicted molar refractivity (Wildman–Crippen MR) is 69.6 cm³/mol. The summed E-state index contributed by atoms with van der Waals surface area (Å²) < 4.78 is 6.67. The molecule has 1 atom stereocenters. The molecule has 1 heterocycles. The minimum Gasteiger partial charge on any atom is -1.00 e. The van der Waals surface area contributed by atoms with Gasteiger partial charge >= 0.3 is 0 Å². The smallest absolute Gasteiger partial charge is 0.130 e. The maximum absolute atomic E-state index is 5.40. The van der Waals surface area contributed by atoms with Crippen molar-refractivity contribution in [1.82, 2.24) is 0 Å². The number of epoxide rings is 1. The van der Waals surface area contributed by atoms with E-state index in [0.717, 1.165) is 6.61 Å². The summed E-state index contributed by atoms with van der Waals surface area (Å²) >= 11 is 0. The van der Waals surface area contributed by atoms with Crippen LogP contribution < -0.4 is 12.4 Å².